The summed E-state index contributed by atoms with van der Waals surface area (Å²) in [5, 5.41) is 0. The van der Waals surface area contributed by atoms with Gasteiger partial charge in [-0.2, -0.15) is 13.2 Å². The first-order valence-electron chi connectivity index (χ1n) is 6.01. The second kappa shape index (κ2) is 6.45. The Kier molecular flexibility index (Phi) is 5.50. The van der Waals surface area contributed by atoms with Crippen molar-refractivity contribution in [3.63, 3.8) is 0 Å². The fourth-order valence-electron chi connectivity index (χ4n) is 1.82. The molecule has 1 aromatic rings. The van der Waals surface area contributed by atoms with Crippen molar-refractivity contribution in [1.29, 1.82) is 0 Å². The van der Waals surface area contributed by atoms with Crippen molar-refractivity contribution >= 4 is 21.6 Å². The van der Waals surface area contributed by atoms with Crippen molar-refractivity contribution in [3.8, 4) is 0 Å². The molecule has 0 spiro atoms. The lowest BCUT2D eigenvalue weighted by Gasteiger charge is -2.25. The Balaban J connectivity index is 3.11. The van der Waals surface area contributed by atoms with E-state index in [9.17, 15) is 13.2 Å². The molecule has 0 heterocycles. The number of nitrogens with zero attached hydrogens (tertiary/aromatic N) is 1. The predicted molar refractivity (Wildman–Crippen MR) is 71.9 cm³/mol. The summed E-state index contributed by atoms with van der Waals surface area (Å²) in [5.41, 5.74) is 0.0198. The number of hydrogen-bond acceptors (Lipinski definition) is 1. The van der Waals surface area contributed by atoms with Crippen LogP contribution < -0.4 is 4.90 Å². The van der Waals surface area contributed by atoms with Crippen LogP contribution in [0.5, 0.6) is 0 Å². The maximum Gasteiger partial charge on any atom is 0.416 e. The lowest BCUT2D eigenvalue weighted by molar-refractivity contribution is -0.137. The number of halogens is 4. The highest BCUT2D eigenvalue weighted by atomic mass is 79.9. The Labute approximate surface area is 114 Å². The second-order valence-electron chi connectivity index (χ2n) is 4.15. The highest BCUT2D eigenvalue weighted by molar-refractivity contribution is 9.10. The van der Waals surface area contributed by atoms with Crippen LogP contribution in [0.1, 0.15) is 32.3 Å². The molecule has 0 amide bonds. The van der Waals surface area contributed by atoms with Gasteiger partial charge in [0.2, 0.25) is 0 Å². The van der Waals surface area contributed by atoms with Crippen LogP contribution in [0.2, 0.25) is 0 Å². The van der Waals surface area contributed by atoms with Crippen molar-refractivity contribution in [2.75, 3.05) is 18.0 Å². The zero-order valence-electron chi connectivity index (χ0n) is 10.5. The Hall–Kier alpha value is -0.710. The standard InChI is InChI=1S/C13H17BrF3N/c1-3-7-18(8-4-2)12-9-10(13(15,16)17)5-6-11(12)14/h5-6,9H,3-4,7-8H2,1-2H3. The predicted octanol–water partition coefficient (Wildman–Crippen LogP) is 5.09. The summed E-state index contributed by atoms with van der Waals surface area (Å²) in [6, 6.07) is 3.79. The third-order valence-corrected chi connectivity index (χ3v) is 3.27. The quantitative estimate of drug-likeness (QED) is 0.729. The largest absolute Gasteiger partial charge is 0.416 e. The van der Waals surface area contributed by atoms with Crippen molar-refractivity contribution < 1.29 is 13.2 Å². The van der Waals surface area contributed by atoms with Crippen molar-refractivity contribution in [1.82, 2.24) is 0 Å². The monoisotopic (exact) mass is 323 g/mol. The van der Waals surface area contributed by atoms with E-state index in [2.05, 4.69) is 15.9 Å². The average Bonchev–Trinajstić information content (AvgIpc) is 2.28. The van der Waals surface area contributed by atoms with E-state index in [1.165, 1.54) is 12.1 Å². The van der Waals surface area contributed by atoms with Crippen LogP contribution in [0, 0.1) is 0 Å². The molecule has 0 atom stereocenters. The molecular formula is C13H17BrF3N. The van der Waals surface area contributed by atoms with Gasteiger partial charge in [-0.1, -0.05) is 13.8 Å². The first-order chi connectivity index (χ1) is 8.40. The number of benzene rings is 1. The maximum absolute atomic E-state index is 12.7. The molecule has 1 nitrogen and oxygen atoms in total. The summed E-state index contributed by atoms with van der Waals surface area (Å²) >= 11 is 3.33. The normalized spacial score (nSPS) is 11.7. The molecule has 0 aliphatic carbocycles. The molecular weight excluding hydrogens is 307 g/mol. The van der Waals surface area contributed by atoms with Gasteiger partial charge in [0.05, 0.1) is 11.3 Å². The molecule has 0 unspecified atom stereocenters. The van der Waals surface area contributed by atoms with Gasteiger partial charge in [0.1, 0.15) is 0 Å². The Bertz CT molecular complexity index is 384. The summed E-state index contributed by atoms with van der Waals surface area (Å²) in [5.74, 6) is 0. The van der Waals surface area contributed by atoms with E-state index in [0.717, 1.165) is 32.0 Å². The summed E-state index contributed by atoms with van der Waals surface area (Å²) < 4.78 is 38.8. The van der Waals surface area contributed by atoms with Crippen molar-refractivity contribution in [2.24, 2.45) is 0 Å². The van der Waals surface area contributed by atoms with Gasteiger partial charge < -0.3 is 4.90 Å². The highest BCUT2D eigenvalue weighted by Crippen LogP contribution is 2.35. The minimum Gasteiger partial charge on any atom is -0.371 e. The van der Waals surface area contributed by atoms with Crippen LogP contribution in [0.4, 0.5) is 18.9 Å². The molecule has 5 heteroatoms. The van der Waals surface area contributed by atoms with E-state index in [4.69, 9.17) is 0 Å². The molecule has 0 aromatic heterocycles. The van der Waals surface area contributed by atoms with Crippen LogP contribution >= 0.6 is 15.9 Å². The number of anilines is 1. The van der Waals surface area contributed by atoms with E-state index in [0.29, 0.717) is 10.2 Å². The van der Waals surface area contributed by atoms with Crippen LogP contribution in [0.3, 0.4) is 0 Å². The molecule has 0 aliphatic rings. The van der Waals surface area contributed by atoms with Gasteiger partial charge in [0, 0.05) is 17.6 Å². The van der Waals surface area contributed by atoms with Gasteiger partial charge in [0.25, 0.3) is 0 Å². The van der Waals surface area contributed by atoms with E-state index in [1.54, 1.807) is 0 Å². The Morgan fingerprint density at radius 1 is 1.11 bits per heavy atom. The van der Waals surface area contributed by atoms with Gasteiger partial charge >= 0.3 is 6.18 Å². The Morgan fingerprint density at radius 3 is 2.11 bits per heavy atom. The van der Waals surface area contributed by atoms with Gasteiger partial charge in [-0.05, 0) is 47.0 Å². The van der Waals surface area contributed by atoms with Crippen LogP contribution in [-0.2, 0) is 6.18 Å². The van der Waals surface area contributed by atoms with Crippen molar-refractivity contribution in [3.05, 3.63) is 28.2 Å². The average molecular weight is 324 g/mol. The highest BCUT2D eigenvalue weighted by Gasteiger charge is 2.31. The lowest BCUT2D eigenvalue weighted by Crippen LogP contribution is -2.25. The number of alkyl halides is 3. The molecule has 0 N–H and O–H groups in total. The van der Waals surface area contributed by atoms with Gasteiger partial charge in [0.15, 0.2) is 0 Å². The SMILES string of the molecule is CCCN(CCC)c1cc(C(F)(F)F)ccc1Br. The topological polar surface area (TPSA) is 3.24 Å². The smallest absolute Gasteiger partial charge is 0.371 e. The maximum atomic E-state index is 12.7. The molecule has 0 saturated heterocycles. The van der Waals surface area contributed by atoms with Gasteiger partial charge in [-0.15, -0.1) is 0 Å². The summed E-state index contributed by atoms with van der Waals surface area (Å²) in [7, 11) is 0. The van der Waals surface area contributed by atoms with Crippen LogP contribution in [0.15, 0.2) is 22.7 Å². The van der Waals surface area contributed by atoms with Crippen molar-refractivity contribution in [2.45, 2.75) is 32.9 Å². The van der Waals surface area contributed by atoms with Gasteiger partial charge in [-0.3, -0.25) is 0 Å². The third-order valence-electron chi connectivity index (χ3n) is 2.60. The van der Waals surface area contributed by atoms with Crippen LogP contribution in [-0.4, -0.2) is 13.1 Å². The molecule has 0 bridgehead atoms. The summed E-state index contributed by atoms with van der Waals surface area (Å²) in [6.45, 7) is 5.55. The fourth-order valence-corrected chi connectivity index (χ4v) is 2.32. The zero-order chi connectivity index (χ0) is 13.8. The second-order valence-corrected chi connectivity index (χ2v) is 5.01. The molecule has 0 fully saturated rings. The summed E-state index contributed by atoms with van der Waals surface area (Å²) in [4.78, 5) is 1.99. The molecule has 1 aromatic carbocycles. The summed E-state index contributed by atoms with van der Waals surface area (Å²) in [6.07, 6.45) is -2.48. The molecule has 1 rings (SSSR count). The van der Waals surface area contributed by atoms with E-state index >= 15 is 0 Å². The molecule has 102 valence electrons. The minimum atomic E-state index is -4.29. The minimum absolute atomic E-state index is 0.599. The third kappa shape index (κ3) is 3.90. The fraction of sp³-hybridized carbons (Fsp3) is 0.538. The number of rotatable bonds is 5. The molecule has 18 heavy (non-hydrogen) atoms. The van der Waals surface area contributed by atoms with E-state index in [1.807, 2.05) is 18.7 Å². The van der Waals surface area contributed by atoms with Crippen LogP contribution in [0.25, 0.3) is 0 Å². The van der Waals surface area contributed by atoms with E-state index < -0.39 is 11.7 Å². The number of hydrogen-bond donors (Lipinski definition) is 0. The molecule has 0 radical (unpaired) electrons. The zero-order valence-corrected chi connectivity index (χ0v) is 12.1. The van der Waals surface area contributed by atoms with E-state index in [-0.39, 0.29) is 0 Å². The Morgan fingerprint density at radius 2 is 1.67 bits per heavy atom. The first kappa shape index (κ1) is 15.3. The molecule has 0 saturated carbocycles. The van der Waals surface area contributed by atoms with Gasteiger partial charge in [-0.25, -0.2) is 0 Å². The lowest BCUT2D eigenvalue weighted by atomic mass is 10.1. The first-order valence-corrected chi connectivity index (χ1v) is 6.81. The molecule has 0 aliphatic heterocycles.